The van der Waals surface area contributed by atoms with Gasteiger partial charge in [0.2, 0.25) is 11.8 Å². The Labute approximate surface area is 156 Å². The van der Waals surface area contributed by atoms with Crippen LogP contribution in [-0.4, -0.2) is 18.4 Å². The molecule has 1 aliphatic carbocycles. The molecule has 0 saturated heterocycles. The van der Waals surface area contributed by atoms with E-state index in [9.17, 15) is 9.59 Å². The Morgan fingerprint density at radius 2 is 1.68 bits per heavy atom. The molecule has 2 amide bonds. The number of rotatable bonds is 6. The van der Waals surface area contributed by atoms with Gasteiger partial charge in [0.05, 0.1) is 11.8 Å². The molecule has 0 bridgehead atoms. The molecule has 1 fully saturated rings. The van der Waals surface area contributed by atoms with Crippen LogP contribution in [0.1, 0.15) is 12.0 Å². The summed E-state index contributed by atoms with van der Waals surface area (Å²) in [5.74, 6) is -0.723. The fraction of sp³-hybridized carbons (Fsp3) is 0.263. The Morgan fingerprint density at radius 3 is 2.40 bits per heavy atom. The average molecular weight is 377 g/mol. The first kappa shape index (κ1) is 17.8. The molecule has 6 heteroatoms. The van der Waals surface area contributed by atoms with E-state index >= 15 is 0 Å². The molecule has 1 aliphatic rings. The van der Waals surface area contributed by atoms with Crippen LogP contribution in [0.5, 0.6) is 0 Å². The lowest BCUT2D eigenvalue weighted by Gasteiger charge is -2.07. The highest BCUT2D eigenvalue weighted by Gasteiger charge is 2.47. The molecule has 0 aromatic heterocycles. The third-order valence-electron chi connectivity index (χ3n) is 4.18. The molecule has 3 rings (SSSR count). The molecule has 4 nitrogen and oxygen atoms in total. The maximum Gasteiger partial charge on any atom is 0.228 e. The van der Waals surface area contributed by atoms with E-state index in [0.29, 0.717) is 28.7 Å². The highest BCUT2D eigenvalue weighted by Crippen LogP contribution is 2.39. The Hall–Kier alpha value is -2.04. The van der Waals surface area contributed by atoms with E-state index in [0.717, 1.165) is 12.0 Å². The van der Waals surface area contributed by atoms with Gasteiger partial charge in [-0.15, -0.1) is 0 Å². The number of hydrogen-bond donors (Lipinski definition) is 2. The summed E-state index contributed by atoms with van der Waals surface area (Å²) in [7, 11) is 0. The van der Waals surface area contributed by atoms with E-state index in [-0.39, 0.29) is 23.7 Å². The predicted octanol–water partition coefficient (Wildman–Crippen LogP) is 3.93. The van der Waals surface area contributed by atoms with Gasteiger partial charge in [0.1, 0.15) is 0 Å². The maximum absolute atomic E-state index is 12.2. The quantitative estimate of drug-likeness (QED) is 0.802. The second kappa shape index (κ2) is 7.89. The van der Waals surface area contributed by atoms with E-state index in [4.69, 9.17) is 23.2 Å². The van der Waals surface area contributed by atoms with Crippen molar-refractivity contribution >= 4 is 40.7 Å². The van der Waals surface area contributed by atoms with Crippen molar-refractivity contribution in [3.8, 4) is 0 Å². The molecule has 0 radical (unpaired) electrons. The summed E-state index contributed by atoms with van der Waals surface area (Å²) in [6.07, 6.45) is 1.31. The Kier molecular flexibility index (Phi) is 5.61. The van der Waals surface area contributed by atoms with Crippen molar-refractivity contribution in [2.75, 3.05) is 11.9 Å². The largest absolute Gasteiger partial charge is 0.356 e. The molecular weight excluding hydrogens is 359 g/mol. The summed E-state index contributed by atoms with van der Waals surface area (Å²) in [5.41, 5.74) is 1.75. The maximum atomic E-state index is 12.2. The smallest absolute Gasteiger partial charge is 0.228 e. The third-order valence-corrected chi connectivity index (χ3v) is 4.67. The fourth-order valence-electron chi connectivity index (χ4n) is 2.69. The monoisotopic (exact) mass is 376 g/mol. The van der Waals surface area contributed by atoms with Gasteiger partial charge in [-0.05, 0) is 48.7 Å². The zero-order valence-corrected chi connectivity index (χ0v) is 15.0. The van der Waals surface area contributed by atoms with Gasteiger partial charge in [-0.25, -0.2) is 0 Å². The van der Waals surface area contributed by atoms with Crippen LogP contribution >= 0.6 is 23.2 Å². The number of amides is 2. The average Bonchev–Trinajstić information content (AvgIpc) is 3.37. The van der Waals surface area contributed by atoms with Crippen LogP contribution in [0.25, 0.3) is 0 Å². The molecule has 25 heavy (non-hydrogen) atoms. The number of anilines is 1. The predicted molar refractivity (Wildman–Crippen MR) is 99.8 cm³/mol. The highest BCUT2D eigenvalue weighted by molar-refractivity contribution is 6.31. The second-order valence-electron chi connectivity index (χ2n) is 6.12. The zero-order chi connectivity index (χ0) is 17.8. The molecule has 2 N–H and O–H groups in total. The Balaban J connectivity index is 1.42. The van der Waals surface area contributed by atoms with Crippen molar-refractivity contribution in [3.63, 3.8) is 0 Å². The fourth-order valence-corrected chi connectivity index (χ4v) is 3.00. The standard InChI is InChI=1S/C19H18Cl2N2O2/c20-13-6-4-12(5-7-13)8-9-22-18(24)16-11-17(16)19(25)23-15-3-1-2-14(21)10-15/h1-7,10,16-17H,8-9,11H2,(H,22,24)(H,23,25). The van der Waals surface area contributed by atoms with Crippen molar-refractivity contribution < 1.29 is 9.59 Å². The highest BCUT2D eigenvalue weighted by atomic mass is 35.5. The van der Waals surface area contributed by atoms with Crippen molar-refractivity contribution in [3.05, 3.63) is 64.1 Å². The molecule has 1 saturated carbocycles. The van der Waals surface area contributed by atoms with Crippen molar-refractivity contribution in [1.82, 2.24) is 5.32 Å². The topological polar surface area (TPSA) is 58.2 Å². The van der Waals surface area contributed by atoms with Gasteiger partial charge in [-0.2, -0.15) is 0 Å². The first-order valence-corrected chi connectivity index (χ1v) is 8.87. The lowest BCUT2D eigenvalue weighted by Crippen LogP contribution is -2.29. The van der Waals surface area contributed by atoms with Crippen LogP contribution in [0, 0.1) is 11.8 Å². The number of halogens is 2. The van der Waals surface area contributed by atoms with Gasteiger partial charge in [0.15, 0.2) is 0 Å². The summed E-state index contributed by atoms with van der Waals surface area (Å²) in [6.45, 7) is 0.541. The van der Waals surface area contributed by atoms with Crippen LogP contribution in [0.3, 0.4) is 0 Å². The molecule has 0 aliphatic heterocycles. The molecule has 0 heterocycles. The van der Waals surface area contributed by atoms with Crippen LogP contribution in [0.2, 0.25) is 10.0 Å². The summed E-state index contributed by atoms with van der Waals surface area (Å²) < 4.78 is 0. The molecule has 130 valence electrons. The number of carbonyl (C=O) groups is 2. The van der Waals surface area contributed by atoms with Crippen LogP contribution in [0.15, 0.2) is 48.5 Å². The minimum Gasteiger partial charge on any atom is -0.356 e. The van der Waals surface area contributed by atoms with E-state index in [2.05, 4.69) is 10.6 Å². The van der Waals surface area contributed by atoms with Gasteiger partial charge in [-0.1, -0.05) is 41.4 Å². The van der Waals surface area contributed by atoms with Crippen molar-refractivity contribution in [1.29, 1.82) is 0 Å². The summed E-state index contributed by atoms with van der Waals surface area (Å²) >= 11 is 11.7. The van der Waals surface area contributed by atoms with E-state index in [1.165, 1.54) is 0 Å². The Bertz CT molecular complexity index is 777. The second-order valence-corrected chi connectivity index (χ2v) is 6.99. The number of hydrogen-bond acceptors (Lipinski definition) is 2. The zero-order valence-electron chi connectivity index (χ0n) is 13.5. The van der Waals surface area contributed by atoms with Crippen molar-refractivity contribution in [2.45, 2.75) is 12.8 Å². The Morgan fingerprint density at radius 1 is 0.960 bits per heavy atom. The SMILES string of the molecule is O=C(NCCc1ccc(Cl)cc1)C1CC1C(=O)Nc1cccc(Cl)c1. The number of benzene rings is 2. The first-order valence-electron chi connectivity index (χ1n) is 8.11. The number of carbonyl (C=O) groups excluding carboxylic acids is 2. The van der Waals surface area contributed by atoms with E-state index < -0.39 is 0 Å². The molecule has 2 aromatic rings. The minimum atomic E-state index is -0.269. The van der Waals surface area contributed by atoms with Crippen LogP contribution < -0.4 is 10.6 Å². The van der Waals surface area contributed by atoms with Gasteiger partial charge in [-0.3, -0.25) is 9.59 Å². The van der Waals surface area contributed by atoms with Crippen LogP contribution in [-0.2, 0) is 16.0 Å². The first-order chi connectivity index (χ1) is 12.0. The normalized spacial score (nSPS) is 18.5. The van der Waals surface area contributed by atoms with E-state index in [1.54, 1.807) is 24.3 Å². The lowest BCUT2D eigenvalue weighted by molar-refractivity contribution is -0.125. The summed E-state index contributed by atoms with van der Waals surface area (Å²) in [6, 6.07) is 14.5. The number of nitrogens with one attached hydrogen (secondary N) is 2. The van der Waals surface area contributed by atoms with Crippen molar-refractivity contribution in [2.24, 2.45) is 11.8 Å². The summed E-state index contributed by atoms with van der Waals surface area (Å²) in [5, 5.41) is 6.95. The third kappa shape index (κ3) is 4.97. The lowest BCUT2D eigenvalue weighted by atomic mass is 10.1. The summed E-state index contributed by atoms with van der Waals surface area (Å²) in [4.78, 5) is 24.3. The van der Waals surface area contributed by atoms with Gasteiger partial charge in [0.25, 0.3) is 0 Å². The van der Waals surface area contributed by atoms with E-state index in [1.807, 2.05) is 24.3 Å². The van der Waals surface area contributed by atoms with Gasteiger partial charge in [0, 0.05) is 22.3 Å². The molecule has 2 atom stereocenters. The molecule has 2 aromatic carbocycles. The van der Waals surface area contributed by atoms with Crippen LogP contribution in [0.4, 0.5) is 5.69 Å². The molecular formula is C19H18Cl2N2O2. The van der Waals surface area contributed by atoms with Gasteiger partial charge < -0.3 is 10.6 Å². The minimum absolute atomic E-state index is 0.0693. The molecule has 0 spiro atoms. The molecule has 2 unspecified atom stereocenters. The van der Waals surface area contributed by atoms with Gasteiger partial charge >= 0.3 is 0 Å².